The van der Waals surface area contributed by atoms with Crippen LogP contribution in [0.5, 0.6) is 0 Å². The van der Waals surface area contributed by atoms with E-state index in [1.165, 1.54) is 62.7 Å². The molecule has 0 saturated carbocycles. The minimum absolute atomic E-state index is 0.479. The van der Waals surface area contributed by atoms with Gasteiger partial charge in [0.05, 0.1) is 6.04 Å². The molecular weight excluding hydrogens is 334 g/mol. The molecule has 0 amide bonds. The second kappa shape index (κ2) is 5.59. The molecule has 2 atom stereocenters. The van der Waals surface area contributed by atoms with Crippen molar-refractivity contribution in [3.63, 3.8) is 0 Å². The maximum absolute atomic E-state index is 3.77. The first kappa shape index (κ1) is 14.8. The van der Waals surface area contributed by atoms with Crippen LogP contribution in [0, 0.1) is 5.92 Å². The standard InChI is InChI=1S/C24H21NS/c1-3-7-21-17(5-1)19-13-15(9-11-22(19)25-21)16-10-12-24-20(14-16)18-6-2-4-8-23(18)26-24/h2,4,6,8-14,19,22,25H,1,3,5,7H2. The van der Waals surface area contributed by atoms with Crippen LogP contribution in [0.1, 0.15) is 31.2 Å². The summed E-state index contributed by atoms with van der Waals surface area (Å²) in [5.74, 6) is 0.556. The molecule has 3 aromatic rings. The fourth-order valence-corrected chi connectivity index (χ4v) is 5.98. The van der Waals surface area contributed by atoms with Crippen molar-refractivity contribution in [1.82, 2.24) is 5.32 Å². The van der Waals surface area contributed by atoms with E-state index in [0.29, 0.717) is 12.0 Å². The quantitative estimate of drug-likeness (QED) is 0.531. The second-order valence-corrected chi connectivity index (χ2v) is 8.78. The minimum atomic E-state index is 0.479. The molecule has 6 rings (SSSR count). The summed E-state index contributed by atoms with van der Waals surface area (Å²) in [4.78, 5) is 0. The lowest BCUT2D eigenvalue weighted by Gasteiger charge is -2.22. The van der Waals surface area contributed by atoms with Gasteiger partial charge in [0.25, 0.3) is 0 Å². The van der Waals surface area contributed by atoms with Gasteiger partial charge in [0.15, 0.2) is 0 Å². The van der Waals surface area contributed by atoms with Crippen LogP contribution in [-0.4, -0.2) is 6.04 Å². The first-order valence-corrected chi connectivity index (χ1v) is 10.5. The van der Waals surface area contributed by atoms with E-state index < -0.39 is 0 Å². The number of benzene rings is 2. The average molecular weight is 356 g/mol. The van der Waals surface area contributed by atoms with Crippen LogP contribution in [0.4, 0.5) is 0 Å². The Bertz CT molecular complexity index is 1130. The average Bonchev–Trinajstić information content (AvgIpc) is 3.25. The third-order valence-electron chi connectivity index (χ3n) is 6.19. The largest absolute Gasteiger partial charge is 0.381 e. The molecule has 2 aliphatic carbocycles. The van der Waals surface area contributed by atoms with Crippen LogP contribution in [0.15, 0.2) is 72.0 Å². The number of allylic oxidation sites excluding steroid dienone is 3. The zero-order chi connectivity index (χ0) is 17.1. The Labute approximate surface area is 157 Å². The minimum Gasteiger partial charge on any atom is -0.381 e. The summed E-state index contributed by atoms with van der Waals surface area (Å²) in [7, 11) is 0. The Kier molecular flexibility index (Phi) is 3.18. The molecule has 2 heterocycles. The molecular formula is C24H21NS. The predicted octanol–water partition coefficient (Wildman–Crippen LogP) is 6.42. The van der Waals surface area contributed by atoms with Gasteiger partial charge in [0.1, 0.15) is 0 Å². The Morgan fingerprint density at radius 2 is 1.81 bits per heavy atom. The maximum Gasteiger partial charge on any atom is 0.0545 e. The van der Waals surface area contributed by atoms with Gasteiger partial charge in [0.2, 0.25) is 0 Å². The SMILES string of the molecule is C1=CC2NC3=C(CCCC3)C2C=C1c1ccc2sc3ccccc3c2c1. The molecule has 26 heavy (non-hydrogen) atoms. The van der Waals surface area contributed by atoms with Gasteiger partial charge < -0.3 is 5.32 Å². The highest BCUT2D eigenvalue weighted by Gasteiger charge is 2.34. The van der Waals surface area contributed by atoms with Crippen LogP contribution in [0.2, 0.25) is 0 Å². The van der Waals surface area contributed by atoms with E-state index in [4.69, 9.17) is 0 Å². The number of hydrogen-bond donors (Lipinski definition) is 1. The number of rotatable bonds is 1. The summed E-state index contributed by atoms with van der Waals surface area (Å²) in [6.45, 7) is 0. The normalized spacial score (nSPS) is 24.5. The van der Waals surface area contributed by atoms with E-state index in [-0.39, 0.29) is 0 Å². The third kappa shape index (κ3) is 2.15. The van der Waals surface area contributed by atoms with Gasteiger partial charge in [-0.25, -0.2) is 0 Å². The molecule has 0 fully saturated rings. The van der Waals surface area contributed by atoms with E-state index in [9.17, 15) is 0 Å². The van der Waals surface area contributed by atoms with Crippen LogP contribution in [-0.2, 0) is 0 Å². The molecule has 2 aromatic carbocycles. The van der Waals surface area contributed by atoms with Gasteiger partial charge in [0, 0.05) is 31.8 Å². The van der Waals surface area contributed by atoms with Crippen LogP contribution < -0.4 is 5.32 Å². The molecule has 0 spiro atoms. The summed E-state index contributed by atoms with van der Waals surface area (Å²) in [6.07, 6.45) is 12.4. The maximum atomic E-state index is 3.77. The fraction of sp³-hybridized carbons (Fsp3) is 0.250. The van der Waals surface area contributed by atoms with Gasteiger partial charge in [-0.1, -0.05) is 42.5 Å². The van der Waals surface area contributed by atoms with E-state index in [0.717, 1.165) is 0 Å². The van der Waals surface area contributed by atoms with Crippen molar-refractivity contribution in [3.8, 4) is 0 Å². The van der Waals surface area contributed by atoms with Gasteiger partial charge in [-0.05, 0) is 60.6 Å². The monoisotopic (exact) mass is 355 g/mol. The van der Waals surface area contributed by atoms with Crippen molar-refractivity contribution in [3.05, 3.63) is 77.5 Å². The van der Waals surface area contributed by atoms with Gasteiger partial charge >= 0.3 is 0 Å². The highest BCUT2D eigenvalue weighted by molar-refractivity contribution is 7.25. The Morgan fingerprint density at radius 1 is 0.923 bits per heavy atom. The van der Waals surface area contributed by atoms with Crippen molar-refractivity contribution >= 4 is 37.1 Å². The molecule has 0 bridgehead atoms. The van der Waals surface area contributed by atoms with E-state index in [1.807, 2.05) is 11.3 Å². The number of fused-ring (bicyclic) bond motifs is 5. The fourth-order valence-electron chi connectivity index (χ4n) is 4.90. The van der Waals surface area contributed by atoms with Crippen molar-refractivity contribution < 1.29 is 0 Å². The zero-order valence-corrected chi connectivity index (χ0v) is 15.5. The summed E-state index contributed by atoms with van der Waals surface area (Å²) in [5.41, 5.74) is 5.93. The molecule has 1 aliphatic heterocycles. The summed E-state index contributed by atoms with van der Waals surface area (Å²) in [5, 5.41) is 6.54. The Morgan fingerprint density at radius 3 is 2.81 bits per heavy atom. The molecule has 1 N–H and O–H groups in total. The molecule has 1 aromatic heterocycles. The highest BCUT2D eigenvalue weighted by Crippen LogP contribution is 2.42. The second-order valence-electron chi connectivity index (χ2n) is 7.70. The van der Waals surface area contributed by atoms with Crippen molar-refractivity contribution in [1.29, 1.82) is 0 Å². The topological polar surface area (TPSA) is 12.0 Å². The molecule has 1 nitrogen and oxygen atoms in total. The smallest absolute Gasteiger partial charge is 0.0545 e. The summed E-state index contributed by atoms with van der Waals surface area (Å²) in [6, 6.07) is 16.2. The number of hydrogen-bond acceptors (Lipinski definition) is 2. The molecule has 2 heteroatoms. The van der Waals surface area contributed by atoms with E-state index >= 15 is 0 Å². The van der Waals surface area contributed by atoms with Crippen molar-refractivity contribution in [2.45, 2.75) is 31.7 Å². The molecule has 128 valence electrons. The van der Waals surface area contributed by atoms with Crippen LogP contribution in [0.3, 0.4) is 0 Å². The van der Waals surface area contributed by atoms with E-state index in [2.05, 4.69) is 66.0 Å². The lowest BCUT2D eigenvalue weighted by atomic mass is 9.82. The molecule has 0 saturated heterocycles. The molecule has 2 unspecified atom stereocenters. The van der Waals surface area contributed by atoms with Crippen molar-refractivity contribution in [2.24, 2.45) is 5.92 Å². The molecule has 0 radical (unpaired) electrons. The first-order chi connectivity index (χ1) is 12.9. The summed E-state index contributed by atoms with van der Waals surface area (Å²) >= 11 is 1.89. The van der Waals surface area contributed by atoms with E-state index in [1.54, 1.807) is 5.57 Å². The van der Waals surface area contributed by atoms with Crippen molar-refractivity contribution in [2.75, 3.05) is 0 Å². The van der Waals surface area contributed by atoms with Gasteiger partial charge in [-0.3, -0.25) is 0 Å². The van der Waals surface area contributed by atoms with Gasteiger partial charge in [-0.2, -0.15) is 0 Å². The Hall–Kier alpha value is -2.32. The third-order valence-corrected chi connectivity index (χ3v) is 7.34. The van der Waals surface area contributed by atoms with Crippen LogP contribution in [0.25, 0.3) is 25.7 Å². The molecule has 3 aliphatic rings. The van der Waals surface area contributed by atoms with Gasteiger partial charge in [-0.15, -0.1) is 11.3 Å². The number of nitrogens with one attached hydrogen (secondary N) is 1. The predicted molar refractivity (Wildman–Crippen MR) is 112 cm³/mol. The highest BCUT2D eigenvalue weighted by atomic mass is 32.1. The van der Waals surface area contributed by atoms with Crippen LogP contribution >= 0.6 is 11.3 Å². The first-order valence-electron chi connectivity index (χ1n) is 9.67. The lowest BCUT2D eigenvalue weighted by molar-refractivity contribution is 0.617. The zero-order valence-electron chi connectivity index (χ0n) is 14.7. The Balaban J connectivity index is 1.45. The summed E-state index contributed by atoms with van der Waals surface area (Å²) < 4.78 is 2.76. The number of thiophene rings is 1. The lowest BCUT2D eigenvalue weighted by Crippen LogP contribution is -2.27.